The second-order valence-corrected chi connectivity index (χ2v) is 17.6. The predicted octanol–water partition coefficient (Wildman–Crippen LogP) is 3.46. The van der Waals surface area contributed by atoms with Crippen molar-refractivity contribution in [1.29, 1.82) is 0 Å². The third-order valence-corrected chi connectivity index (χ3v) is 9.92. The third kappa shape index (κ3) is 20.4. The van der Waals surface area contributed by atoms with E-state index in [2.05, 4.69) is 74.4 Å². The van der Waals surface area contributed by atoms with Gasteiger partial charge in [-0.2, -0.15) is 9.97 Å². The van der Waals surface area contributed by atoms with E-state index in [-0.39, 0.29) is 96.1 Å². The third-order valence-electron chi connectivity index (χ3n) is 9.24. The second-order valence-electron chi connectivity index (χ2n) is 16.2. The van der Waals surface area contributed by atoms with E-state index in [1.54, 1.807) is 67.4 Å². The molecule has 0 spiro atoms. The molecule has 0 saturated heterocycles. The Morgan fingerprint density at radius 1 is 0.434 bits per heavy atom. The molecule has 0 saturated carbocycles. The van der Waals surface area contributed by atoms with Crippen LogP contribution in [0.15, 0.2) is 54.6 Å². The van der Waals surface area contributed by atoms with E-state index < -0.39 is 35.8 Å². The summed E-state index contributed by atoms with van der Waals surface area (Å²) in [4.78, 5) is 151. The van der Waals surface area contributed by atoms with Crippen LogP contribution in [0.5, 0.6) is 6.01 Å². The molecule has 1 aromatic carbocycles. The van der Waals surface area contributed by atoms with E-state index in [0.717, 1.165) is 24.1 Å². The van der Waals surface area contributed by atoms with Crippen molar-refractivity contribution in [3.63, 3.8) is 0 Å². The fourth-order valence-corrected chi connectivity index (χ4v) is 6.22. The van der Waals surface area contributed by atoms with Crippen molar-refractivity contribution in [2.75, 3.05) is 77.7 Å². The summed E-state index contributed by atoms with van der Waals surface area (Å²) >= 11 is 22.0. The smallest absolute Gasteiger partial charge is 0.356 e. The largest absolute Gasteiger partial charge is 0.477 e. The van der Waals surface area contributed by atoms with Crippen LogP contribution in [0, 0.1) is 6.92 Å². The number of methoxy groups -OCH3 is 3. The first-order valence-electron chi connectivity index (χ1n) is 22.5. The molecule has 36 heteroatoms. The highest BCUT2D eigenvalue weighted by Crippen LogP contribution is 2.16. The number of aromatic carboxylic acids is 2. The summed E-state index contributed by atoms with van der Waals surface area (Å²) in [5.74, 6) is -6.05. The number of carboxylic acids is 2. The predicted molar refractivity (Wildman–Crippen MR) is 288 cm³/mol. The molecule has 2 N–H and O–H groups in total. The maximum Gasteiger partial charge on any atom is 0.356 e. The van der Waals surface area contributed by atoms with Crippen LogP contribution in [-0.2, 0) is 14.2 Å². The Morgan fingerprint density at radius 2 is 0.735 bits per heavy atom. The molecular formula is C47H47Cl4N17O15. The highest BCUT2D eigenvalue weighted by molar-refractivity contribution is 6.29. The number of rotatable bonds is 11. The van der Waals surface area contributed by atoms with Crippen molar-refractivity contribution < 1.29 is 72.4 Å². The van der Waals surface area contributed by atoms with Crippen LogP contribution >= 0.6 is 46.4 Å². The summed E-state index contributed by atoms with van der Waals surface area (Å²) in [5.41, 5.74) is 1.21. The van der Waals surface area contributed by atoms with Gasteiger partial charge in [0.25, 0.3) is 23.6 Å². The number of carbonyl (C=O) groups is 9. The van der Waals surface area contributed by atoms with E-state index in [1.165, 1.54) is 66.1 Å². The molecule has 4 amide bonds. The van der Waals surface area contributed by atoms with E-state index >= 15 is 0 Å². The Kier molecular flexibility index (Phi) is 25.4. The highest BCUT2D eigenvalue weighted by Gasteiger charge is 2.22. The summed E-state index contributed by atoms with van der Waals surface area (Å²) in [6, 6.07) is 13.1. The number of nitrogens with zero attached hydrogens (tertiary/aromatic N) is 17. The molecule has 7 rings (SSSR count). The molecule has 0 aliphatic rings. The minimum absolute atomic E-state index is 0.0367. The molecule has 0 fully saturated rings. The van der Waals surface area contributed by atoms with E-state index in [0.29, 0.717) is 16.7 Å². The molecule has 83 heavy (non-hydrogen) atoms. The van der Waals surface area contributed by atoms with Gasteiger partial charge in [0.05, 0.1) is 21.3 Å². The van der Waals surface area contributed by atoms with Gasteiger partial charge in [-0.3, -0.25) is 19.2 Å². The van der Waals surface area contributed by atoms with E-state index in [4.69, 9.17) is 61.5 Å². The number of carboxylic acid groups (broad SMARTS) is 2. The molecule has 0 bridgehead atoms. The standard InChI is InChI=1S/C16H17N7O3.C9H10ClN3O3.C8H8ClN3O3.C7H5ClN2O4.C7H7ClN2O2/c1-21(2)14(24)11-9-12(15(25)22(3)4)18-16(17-11)26-23-13-8-6-5-7-10(13)19-20-23;1-13(2)7(14)5-4-6(8(15)16-3)12-9(10)11-5;1-12(2)6(13)4-3-5(7(14)15)11-8(9)10-4;1-14-6(13)4-2-3(5(11)12)9-7(8)10-4;1-4-3-5(6(11)12-2)10-7(8)9-4/h5-9H,1-4H3;4H,1-3H3;3H,1-2H3,(H,14,15);2H,1H3,(H,11,12);3H,1-2H3. The SMILES string of the molecule is CN(C)C(=O)c1cc(C(=O)N(C)C)nc(On2nnc3ccccc32)n1.CN(C)C(=O)c1cc(C(=O)O)nc(Cl)n1.COC(=O)c1cc(C(=O)N(C)C)nc(Cl)n1.COC(=O)c1cc(C(=O)O)nc(Cl)n1.COC(=O)c1cc(C)nc(Cl)n1. The molecule has 0 radical (unpaired) electrons. The molecule has 438 valence electrons. The lowest BCUT2D eigenvalue weighted by Crippen LogP contribution is -2.27. The molecule has 7 aromatic rings. The maximum absolute atomic E-state index is 12.3. The van der Waals surface area contributed by atoms with Gasteiger partial charge in [-0.15, -0.1) is 5.10 Å². The van der Waals surface area contributed by atoms with Crippen LogP contribution < -0.4 is 4.84 Å². The number of hydrogen-bond acceptors (Lipinski definition) is 25. The first kappa shape index (κ1) is 67.5. The lowest BCUT2D eigenvalue weighted by atomic mass is 10.3. The lowest BCUT2D eigenvalue weighted by molar-refractivity contribution is 0.0584. The minimum atomic E-state index is -1.29. The fourth-order valence-electron chi connectivity index (χ4n) is 5.45. The minimum Gasteiger partial charge on any atom is -0.477 e. The van der Waals surface area contributed by atoms with Crippen molar-refractivity contribution in [3.8, 4) is 6.01 Å². The average Bonchev–Trinajstić information content (AvgIpc) is 3.93. The Morgan fingerprint density at radius 3 is 1.10 bits per heavy atom. The highest BCUT2D eigenvalue weighted by atomic mass is 35.5. The number of carbonyl (C=O) groups excluding carboxylic acids is 7. The van der Waals surface area contributed by atoms with Gasteiger partial charge in [0.2, 0.25) is 21.1 Å². The van der Waals surface area contributed by atoms with Crippen molar-refractivity contribution in [1.82, 2.24) is 84.6 Å². The average molecular weight is 1230 g/mol. The zero-order chi connectivity index (χ0) is 62.6. The molecule has 32 nitrogen and oxygen atoms in total. The molecule has 0 aliphatic carbocycles. The first-order chi connectivity index (χ1) is 38.9. The zero-order valence-corrected chi connectivity index (χ0v) is 48.5. The van der Waals surface area contributed by atoms with E-state index in [9.17, 15) is 43.2 Å². The van der Waals surface area contributed by atoms with Gasteiger partial charge in [-0.1, -0.05) is 17.0 Å². The second kappa shape index (κ2) is 31.3. The first-order valence-corrected chi connectivity index (χ1v) is 24.0. The number of amides is 4. The summed E-state index contributed by atoms with van der Waals surface area (Å²) in [6.45, 7) is 1.72. The lowest BCUT2D eigenvalue weighted by Gasteiger charge is -2.13. The maximum atomic E-state index is 12.3. The Hall–Kier alpha value is -9.79. The van der Waals surface area contributed by atoms with E-state index in [1.807, 2.05) is 6.07 Å². The van der Waals surface area contributed by atoms with Gasteiger partial charge in [0, 0.05) is 86.3 Å². The Labute approximate surface area is 489 Å². The van der Waals surface area contributed by atoms with Gasteiger partial charge in [0.15, 0.2) is 28.5 Å². The summed E-state index contributed by atoms with van der Waals surface area (Å²) < 4.78 is 13.3. The zero-order valence-electron chi connectivity index (χ0n) is 45.5. The number of para-hydroxylation sites is 1. The van der Waals surface area contributed by atoms with Crippen molar-refractivity contribution in [2.45, 2.75) is 6.92 Å². The Bertz CT molecular complexity index is 3510. The number of hydrogen-bond donors (Lipinski definition) is 2. The molecule has 6 aromatic heterocycles. The number of aryl methyl sites for hydroxylation is 1. The van der Waals surface area contributed by atoms with Gasteiger partial charge >= 0.3 is 35.9 Å². The van der Waals surface area contributed by atoms with Crippen molar-refractivity contribution in [3.05, 3.63) is 133 Å². The van der Waals surface area contributed by atoms with Crippen LogP contribution in [-0.4, -0.2) is 226 Å². The normalized spacial score (nSPS) is 9.98. The molecule has 0 aliphatic heterocycles. The van der Waals surface area contributed by atoms with Crippen molar-refractivity contribution >= 4 is 111 Å². The number of fused-ring (bicyclic) bond motifs is 1. The number of esters is 3. The van der Waals surface area contributed by atoms with Crippen LogP contribution in [0.25, 0.3) is 11.0 Å². The molecule has 0 atom stereocenters. The topological polar surface area (TPSA) is 404 Å². The fraction of sp³-hybridized carbons (Fsp3) is 0.255. The van der Waals surface area contributed by atoms with Gasteiger partial charge in [0.1, 0.15) is 33.8 Å². The van der Waals surface area contributed by atoms with Crippen LogP contribution in [0.2, 0.25) is 21.1 Å². The molecule has 0 unspecified atom stereocenters. The van der Waals surface area contributed by atoms with Gasteiger partial charge in [-0.25, -0.2) is 63.8 Å². The molecular weight excluding hydrogens is 1180 g/mol. The summed E-state index contributed by atoms with van der Waals surface area (Å²) in [5, 5.41) is 24.4. The van der Waals surface area contributed by atoms with Crippen LogP contribution in [0.1, 0.15) is 100 Å². The van der Waals surface area contributed by atoms with Gasteiger partial charge in [-0.05, 0) is 76.7 Å². The monoisotopic (exact) mass is 1230 g/mol. The van der Waals surface area contributed by atoms with Gasteiger partial charge < -0.3 is 48.9 Å². The number of halogens is 4. The number of ether oxygens (including phenoxy) is 3. The Balaban J connectivity index is 0.000000281. The van der Waals surface area contributed by atoms with Crippen molar-refractivity contribution in [2.24, 2.45) is 0 Å². The number of aromatic nitrogens is 13. The summed E-state index contributed by atoms with van der Waals surface area (Å²) in [7, 11) is 16.2. The molecule has 6 heterocycles. The quantitative estimate of drug-likeness (QED) is 0.106. The van der Waals surface area contributed by atoms with Crippen LogP contribution in [0.4, 0.5) is 0 Å². The van der Waals surface area contributed by atoms with Crippen LogP contribution in [0.3, 0.4) is 0 Å². The summed E-state index contributed by atoms with van der Waals surface area (Å²) in [6.07, 6.45) is 0. The number of benzene rings is 1.